The largest absolute Gasteiger partial charge is 0.384 e. The molecule has 1 aromatic heterocycles. The SMILES string of the molecule is c1ccc(-c2nc3c(c(N4CCOCC4)n2)CCNc2ccccc2-3)cc1. The third-order valence-corrected chi connectivity index (χ3v) is 5.20. The van der Waals surface area contributed by atoms with Crippen LogP contribution in [-0.4, -0.2) is 42.8 Å². The zero-order valence-electron chi connectivity index (χ0n) is 15.2. The van der Waals surface area contributed by atoms with Gasteiger partial charge >= 0.3 is 0 Å². The van der Waals surface area contributed by atoms with Crippen LogP contribution in [0.25, 0.3) is 22.6 Å². The molecule has 136 valence electrons. The molecular weight excluding hydrogens is 336 g/mol. The van der Waals surface area contributed by atoms with Crippen LogP contribution >= 0.6 is 0 Å². The van der Waals surface area contributed by atoms with Crippen molar-refractivity contribution in [2.75, 3.05) is 43.1 Å². The summed E-state index contributed by atoms with van der Waals surface area (Å²) in [7, 11) is 0. The molecule has 27 heavy (non-hydrogen) atoms. The summed E-state index contributed by atoms with van der Waals surface area (Å²) in [5.74, 6) is 1.84. The molecule has 1 saturated heterocycles. The fourth-order valence-corrected chi connectivity index (χ4v) is 3.84. The van der Waals surface area contributed by atoms with Crippen LogP contribution < -0.4 is 10.2 Å². The zero-order valence-corrected chi connectivity index (χ0v) is 15.2. The van der Waals surface area contributed by atoms with Crippen molar-refractivity contribution in [1.29, 1.82) is 0 Å². The average Bonchev–Trinajstić information content (AvgIpc) is 2.94. The third kappa shape index (κ3) is 3.04. The van der Waals surface area contributed by atoms with Gasteiger partial charge in [-0.25, -0.2) is 9.97 Å². The summed E-state index contributed by atoms with van der Waals surface area (Å²) in [5, 5.41) is 3.55. The van der Waals surface area contributed by atoms with E-state index in [-0.39, 0.29) is 0 Å². The van der Waals surface area contributed by atoms with Gasteiger partial charge in [-0.1, -0.05) is 48.5 Å². The number of aromatic nitrogens is 2. The van der Waals surface area contributed by atoms with Crippen molar-refractivity contribution in [3.63, 3.8) is 0 Å². The Labute approximate surface area is 159 Å². The molecule has 0 atom stereocenters. The lowest BCUT2D eigenvalue weighted by Gasteiger charge is -2.30. The highest BCUT2D eigenvalue weighted by Crippen LogP contribution is 2.37. The minimum absolute atomic E-state index is 0.744. The van der Waals surface area contributed by atoms with E-state index in [9.17, 15) is 0 Å². The summed E-state index contributed by atoms with van der Waals surface area (Å²) in [6.45, 7) is 4.11. The first-order valence-corrected chi connectivity index (χ1v) is 9.52. The normalized spacial score (nSPS) is 16.1. The smallest absolute Gasteiger partial charge is 0.162 e. The molecule has 3 aromatic rings. The van der Waals surface area contributed by atoms with E-state index in [1.165, 1.54) is 5.56 Å². The second kappa shape index (κ2) is 7.00. The molecule has 5 rings (SSSR count). The molecule has 0 bridgehead atoms. The Morgan fingerprint density at radius 1 is 0.889 bits per heavy atom. The molecule has 0 unspecified atom stereocenters. The van der Waals surface area contributed by atoms with E-state index in [2.05, 4.69) is 46.6 Å². The third-order valence-electron chi connectivity index (χ3n) is 5.20. The van der Waals surface area contributed by atoms with Crippen LogP contribution in [0.15, 0.2) is 54.6 Å². The Balaban J connectivity index is 1.74. The van der Waals surface area contributed by atoms with Crippen LogP contribution in [0.1, 0.15) is 5.56 Å². The number of morpholine rings is 1. The van der Waals surface area contributed by atoms with Gasteiger partial charge in [0.1, 0.15) is 5.82 Å². The Morgan fingerprint density at radius 2 is 1.67 bits per heavy atom. The van der Waals surface area contributed by atoms with Gasteiger partial charge in [-0.05, 0) is 12.5 Å². The molecule has 0 amide bonds. The first-order chi connectivity index (χ1) is 13.4. The standard InChI is InChI=1S/C22H22N4O/c1-2-6-16(7-3-1)21-24-20-17-8-4-5-9-19(17)23-11-10-18(20)22(25-21)26-12-14-27-15-13-26/h1-9,23H,10-15H2. The predicted octanol–water partition coefficient (Wildman–Crippen LogP) is 3.62. The molecule has 2 aromatic carbocycles. The molecule has 0 radical (unpaired) electrons. The molecule has 1 fully saturated rings. The van der Waals surface area contributed by atoms with Crippen molar-refractivity contribution in [1.82, 2.24) is 9.97 Å². The molecular formula is C22H22N4O. The number of hydrogen-bond donors (Lipinski definition) is 1. The molecule has 2 aliphatic heterocycles. The number of anilines is 2. The van der Waals surface area contributed by atoms with Crippen LogP contribution in [0.5, 0.6) is 0 Å². The lowest BCUT2D eigenvalue weighted by atomic mass is 10.0. The van der Waals surface area contributed by atoms with E-state index in [0.717, 1.165) is 73.4 Å². The summed E-state index contributed by atoms with van der Waals surface area (Å²) < 4.78 is 5.56. The van der Waals surface area contributed by atoms with Crippen molar-refractivity contribution in [3.8, 4) is 22.6 Å². The van der Waals surface area contributed by atoms with Gasteiger partial charge in [-0.2, -0.15) is 0 Å². The summed E-state index contributed by atoms with van der Waals surface area (Å²) in [6, 6.07) is 18.7. The lowest BCUT2D eigenvalue weighted by Crippen LogP contribution is -2.37. The van der Waals surface area contributed by atoms with E-state index < -0.39 is 0 Å². The van der Waals surface area contributed by atoms with E-state index in [1.54, 1.807) is 0 Å². The maximum Gasteiger partial charge on any atom is 0.162 e. The number of benzene rings is 2. The van der Waals surface area contributed by atoms with Gasteiger partial charge in [0.05, 0.1) is 18.9 Å². The van der Waals surface area contributed by atoms with Crippen molar-refractivity contribution in [2.45, 2.75) is 6.42 Å². The highest BCUT2D eigenvalue weighted by Gasteiger charge is 2.25. The molecule has 2 aliphatic rings. The molecule has 0 saturated carbocycles. The van der Waals surface area contributed by atoms with Gasteiger partial charge in [-0.3, -0.25) is 0 Å². The van der Waals surface area contributed by atoms with Gasteiger partial charge in [0, 0.05) is 42.0 Å². The highest BCUT2D eigenvalue weighted by molar-refractivity contribution is 5.82. The second-order valence-corrected chi connectivity index (χ2v) is 6.89. The number of nitrogens with zero attached hydrogens (tertiary/aromatic N) is 3. The highest BCUT2D eigenvalue weighted by atomic mass is 16.5. The monoisotopic (exact) mass is 358 g/mol. The summed E-state index contributed by atoms with van der Waals surface area (Å²) in [6.07, 6.45) is 0.909. The van der Waals surface area contributed by atoms with Gasteiger partial charge in [0.2, 0.25) is 0 Å². The fourth-order valence-electron chi connectivity index (χ4n) is 3.84. The first kappa shape index (κ1) is 16.3. The predicted molar refractivity (Wildman–Crippen MR) is 108 cm³/mol. The van der Waals surface area contributed by atoms with Crippen molar-refractivity contribution in [2.24, 2.45) is 0 Å². The maximum atomic E-state index is 5.56. The summed E-state index contributed by atoms with van der Waals surface area (Å²) >= 11 is 0. The van der Waals surface area contributed by atoms with E-state index in [0.29, 0.717) is 0 Å². The Kier molecular flexibility index (Phi) is 4.22. The summed E-state index contributed by atoms with van der Waals surface area (Å²) in [4.78, 5) is 12.4. The van der Waals surface area contributed by atoms with Crippen molar-refractivity contribution in [3.05, 3.63) is 60.2 Å². The molecule has 5 nitrogen and oxygen atoms in total. The van der Waals surface area contributed by atoms with Gasteiger partial charge in [0.25, 0.3) is 0 Å². The molecule has 3 heterocycles. The van der Waals surface area contributed by atoms with Gasteiger partial charge in [-0.15, -0.1) is 0 Å². The van der Waals surface area contributed by atoms with Crippen LogP contribution in [0.2, 0.25) is 0 Å². The van der Waals surface area contributed by atoms with E-state index in [4.69, 9.17) is 14.7 Å². The minimum atomic E-state index is 0.744. The number of para-hydroxylation sites is 1. The Morgan fingerprint density at radius 3 is 2.52 bits per heavy atom. The van der Waals surface area contributed by atoms with E-state index in [1.807, 2.05) is 18.2 Å². The molecule has 1 N–H and O–H groups in total. The van der Waals surface area contributed by atoms with Gasteiger partial charge in [0.15, 0.2) is 5.82 Å². The van der Waals surface area contributed by atoms with Crippen LogP contribution in [0.3, 0.4) is 0 Å². The van der Waals surface area contributed by atoms with Crippen LogP contribution in [0, 0.1) is 0 Å². The number of nitrogens with one attached hydrogen (secondary N) is 1. The number of ether oxygens (including phenoxy) is 1. The quantitative estimate of drug-likeness (QED) is 0.758. The topological polar surface area (TPSA) is 50.3 Å². The maximum absolute atomic E-state index is 5.56. The zero-order chi connectivity index (χ0) is 18.1. The number of rotatable bonds is 2. The van der Waals surface area contributed by atoms with Crippen molar-refractivity contribution < 1.29 is 4.74 Å². The lowest BCUT2D eigenvalue weighted by molar-refractivity contribution is 0.122. The fraction of sp³-hybridized carbons (Fsp3) is 0.273. The van der Waals surface area contributed by atoms with E-state index >= 15 is 0 Å². The van der Waals surface area contributed by atoms with Crippen LogP contribution in [-0.2, 0) is 11.2 Å². The number of fused-ring (bicyclic) bond motifs is 3. The number of hydrogen-bond acceptors (Lipinski definition) is 5. The summed E-state index contributed by atoms with van der Waals surface area (Å²) in [5.41, 5.74) is 5.62. The Hall–Kier alpha value is -2.92. The average molecular weight is 358 g/mol. The second-order valence-electron chi connectivity index (χ2n) is 6.89. The minimum Gasteiger partial charge on any atom is -0.384 e. The van der Waals surface area contributed by atoms with Gasteiger partial charge < -0.3 is 15.0 Å². The molecule has 5 heteroatoms. The van der Waals surface area contributed by atoms with Crippen LogP contribution in [0.4, 0.5) is 11.5 Å². The molecule has 0 aliphatic carbocycles. The molecule has 0 spiro atoms. The Bertz CT molecular complexity index is 952. The first-order valence-electron chi connectivity index (χ1n) is 9.52. The van der Waals surface area contributed by atoms with Crippen molar-refractivity contribution >= 4 is 11.5 Å².